The van der Waals surface area contributed by atoms with Crippen molar-refractivity contribution in [3.63, 3.8) is 0 Å². The molecule has 4 nitrogen and oxygen atoms in total. The molecular weight excluding hydrogens is 336 g/mol. The van der Waals surface area contributed by atoms with E-state index >= 15 is 0 Å². The molecule has 27 heavy (non-hydrogen) atoms. The Labute approximate surface area is 159 Å². The third-order valence-corrected chi connectivity index (χ3v) is 4.70. The molecule has 0 aromatic heterocycles. The summed E-state index contributed by atoms with van der Waals surface area (Å²) >= 11 is 0. The Morgan fingerprint density at radius 3 is 1.96 bits per heavy atom. The second-order valence-electron chi connectivity index (χ2n) is 6.69. The van der Waals surface area contributed by atoms with Crippen molar-refractivity contribution in [2.24, 2.45) is 5.73 Å². The Hall–Kier alpha value is -3.40. The fourth-order valence-corrected chi connectivity index (χ4v) is 3.09. The van der Waals surface area contributed by atoms with Crippen LogP contribution in [-0.4, -0.2) is 11.8 Å². The summed E-state index contributed by atoms with van der Waals surface area (Å²) in [4.78, 5) is 24.0. The number of carbonyl (C=O) groups excluding carboxylic acids is 2. The zero-order valence-corrected chi connectivity index (χ0v) is 15.7. The molecule has 0 bridgehead atoms. The topological polar surface area (TPSA) is 72.2 Å². The summed E-state index contributed by atoms with van der Waals surface area (Å²) in [5, 5.41) is 3.02. The van der Waals surface area contributed by atoms with Crippen molar-refractivity contribution in [3.05, 3.63) is 88.5 Å². The van der Waals surface area contributed by atoms with Gasteiger partial charge in [0.05, 0.1) is 0 Å². The highest BCUT2D eigenvalue weighted by Gasteiger charge is 2.12. The molecule has 136 valence electrons. The van der Waals surface area contributed by atoms with Gasteiger partial charge in [-0.2, -0.15) is 0 Å². The van der Waals surface area contributed by atoms with E-state index in [-0.39, 0.29) is 5.91 Å². The van der Waals surface area contributed by atoms with Crippen molar-refractivity contribution >= 4 is 17.5 Å². The summed E-state index contributed by atoms with van der Waals surface area (Å²) in [6, 6.07) is 18.6. The molecule has 0 heterocycles. The summed E-state index contributed by atoms with van der Waals surface area (Å²) in [7, 11) is 0. The lowest BCUT2D eigenvalue weighted by molar-refractivity contribution is 0.0997. The van der Waals surface area contributed by atoms with E-state index in [1.54, 1.807) is 12.1 Å². The normalized spacial score (nSPS) is 10.5. The molecule has 0 spiro atoms. The fraction of sp³-hybridized carbons (Fsp3) is 0.130. The van der Waals surface area contributed by atoms with Crippen LogP contribution in [0.1, 0.15) is 37.4 Å². The first kappa shape index (κ1) is 18.4. The third kappa shape index (κ3) is 3.90. The Morgan fingerprint density at radius 2 is 1.37 bits per heavy atom. The van der Waals surface area contributed by atoms with E-state index in [1.165, 1.54) is 0 Å². The maximum absolute atomic E-state index is 12.8. The fourth-order valence-electron chi connectivity index (χ4n) is 3.09. The summed E-state index contributed by atoms with van der Waals surface area (Å²) in [6.45, 7) is 5.94. The highest BCUT2D eigenvalue weighted by atomic mass is 16.2. The van der Waals surface area contributed by atoms with E-state index in [2.05, 4.69) is 5.32 Å². The zero-order valence-electron chi connectivity index (χ0n) is 15.7. The number of anilines is 1. The molecule has 0 saturated carbocycles. The minimum Gasteiger partial charge on any atom is -0.366 e. The zero-order chi connectivity index (χ0) is 19.6. The number of hydrogen-bond acceptors (Lipinski definition) is 2. The maximum atomic E-state index is 12.8. The molecule has 0 aliphatic rings. The standard InChI is InChI=1S/C23H22N2O2/c1-14-7-8-19(23(27)25-21-15(2)5-4-6-16(21)3)13-20(14)17-9-11-18(12-10-17)22(24)26/h4-13H,1-3H3,(H2,24,26)(H,25,27). The predicted octanol–water partition coefficient (Wildman–Crippen LogP) is 4.63. The quantitative estimate of drug-likeness (QED) is 0.714. The average molecular weight is 358 g/mol. The lowest BCUT2D eigenvalue weighted by atomic mass is 9.97. The van der Waals surface area contributed by atoms with Crippen LogP contribution in [0.4, 0.5) is 5.69 Å². The molecule has 0 fully saturated rings. The van der Waals surface area contributed by atoms with Gasteiger partial charge in [0.1, 0.15) is 0 Å². The number of benzene rings is 3. The van der Waals surface area contributed by atoms with E-state index in [9.17, 15) is 9.59 Å². The van der Waals surface area contributed by atoms with Gasteiger partial charge in [0.2, 0.25) is 5.91 Å². The molecule has 0 unspecified atom stereocenters. The molecule has 0 atom stereocenters. The molecule has 0 saturated heterocycles. The van der Waals surface area contributed by atoms with Crippen molar-refractivity contribution in [2.75, 3.05) is 5.32 Å². The number of carbonyl (C=O) groups is 2. The Bertz CT molecular complexity index is 1000. The summed E-state index contributed by atoms with van der Waals surface area (Å²) in [5.41, 5.74) is 12.2. The van der Waals surface area contributed by atoms with Crippen LogP contribution >= 0.6 is 0 Å². The van der Waals surface area contributed by atoms with Crippen molar-refractivity contribution < 1.29 is 9.59 Å². The molecular formula is C23H22N2O2. The second kappa shape index (κ2) is 7.46. The molecule has 3 N–H and O–H groups in total. The first-order chi connectivity index (χ1) is 12.9. The summed E-state index contributed by atoms with van der Waals surface area (Å²) in [5.74, 6) is -0.609. The van der Waals surface area contributed by atoms with Gasteiger partial charge in [-0.15, -0.1) is 0 Å². The Kier molecular flexibility index (Phi) is 5.08. The van der Waals surface area contributed by atoms with E-state index in [0.29, 0.717) is 11.1 Å². The summed E-state index contributed by atoms with van der Waals surface area (Å²) < 4.78 is 0. The summed E-state index contributed by atoms with van der Waals surface area (Å²) in [6.07, 6.45) is 0. The van der Waals surface area contributed by atoms with Gasteiger partial charge in [-0.3, -0.25) is 9.59 Å². The van der Waals surface area contributed by atoms with Crippen LogP contribution in [0.5, 0.6) is 0 Å². The predicted molar refractivity (Wildman–Crippen MR) is 109 cm³/mol. The first-order valence-corrected chi connectivity index (χ1v) is 8.75. The van der Waals surface area contributed by atoms with Gasteiger partial charge in [-0.1, -0.05) is 36.4 Å². The number of primary amides is 1. The minimum absolute atomic E-state index is 0.151. The molecule has 0 aliphatic heterocycles. The van der Waals surface area contributed by atoms with Crippen LogP contribution in [-0.2, 0) is 0 Å². The molecule has 0 radical (unpaired) electrons. The number of para-hydroxylation sites is 1. The SMILES string of the molecule is Cc1ccc(C(=O)Nc2c(C)cccc2C)cc1-c1ccc(C(N)=O)cc1. The average Bonchev–Trinajstić information content (AvgIpc) is 2.65. The van der Waals surface area contributed by atoms with Crippen LogP contribution in [0, 0.1) is 20.8 Å². The van der Waals surface area contributed by atoms with Gasteiger partial charge in [0.15, 0.2) is 0 Å². The van der Waals surface area contributed by atoms with Gasteiger partial charge < -0.3 is 11.1 Å². The van der Waals surface area contributed by atoms with E-state index in [4.69, 9.17) is 5.73 Å². The number of amides is 2. The number of nitrogens with one attached hydrogen (secondary N) is 1. The lowest BCUT2D eigenvalue weighted by Crippen LogP contribution is -2.14. The second-order valence-corrected chi connectivity index (χ2v) is 6.69. The monoisotopic (exact) mass is 358 g/mol. The van der Waals surface area contributed by atoms with E-state index in [0.717, 1.165) is 33.5 Å². The van der Waals surface area contributed by atoms with E-state index in [1.807, 2.05) is 69.3 Å². The molecule has 4 heteroatoms. The minimum atomic E-state index is -0.458. The highest BCUT2D eigenvalue weighted by Crippen LogP contribution is 2.26. The molecule has 3 aromatic rings. The number of nitrogens with two attached hydrogens (primary N) is 1. The smallest absolute Gasteiger partial charge is 0.255 e. The van der Waals surface area contributed by atoms with Crippen molar-refractivity contribution in [1.82, 2.24) is 0 Å². The molecule has 2 amide bonds. The van der Waals surface area contributed by atoms with Gasteiger partial charge >= 0.3 is 0 Å². The van der Waals surface area contributed by atoms with Crippen molar-refractivity contribution in [2.45, 2.75) is 20.8 Å². The largest absolute Gasteiger partial charge is 0.366 e. The van der Waals surface area contributed by atoms with Crippen LogP contribution in [0.2, 0.25) is 0 Å². The van der Waals surface area contributed by atoms with Gasteiger partial charge in [0, 0.05) is 16.8 Å². The van der Waals surface area contributed by atoms with Gasteiger partial charge in [-0.05, 0) is 72.9 Å². The van der Waals surface area contributed by atoms with Crippen molar-refractivity contribution in [1.29, 1.82) is 0 Å². The molecule has 0 aliphatic carbocycles. The number of rotatable bonds is 4. The Balaban J connectivity index is 1.93. The van der Waals surface area contributed by atoms with Crippen LogP contribution in [0.25, 0.3) is 11.1 Å². The van der Waals surface area contributed by atoms with Crippen LogP contribution in [0.15, 0.2) is 60.7 Å². The number of aryl methyl sites for hydroxylation is 3. The first-order valence-electron chi connectivity index (χ1n) is 8.75. The van der Waals surface area contributed by atoms with Gasteiger partial charge in [-0.25, -0.2) is 0 Å². The lowest BCUT2D eigenvalue weighted by Gasteiger charge is -2.13. The third-order valence-electron chi connectivity index (χ3n) is 4.70. The highest BCUT2D eigenvalue weighted by molar-refractivity contribution is 6.06. The molecule has 3 aromatic carbocycles. The maximum Gasteiger partial charge on any atom is 0.255 e. The van der Waals surface area contributed by atoms with Crippen LogP contribution in [0.3, 0.4) is 0 Å². The van der Waals surface area contributed by atoms with Crippen molar-refractivity contribution in [3.8, 4) is 11.1 Å². The van der Waals surface area contributed by atoms with Crippen LogP contribution < -0.4 is 11.1 Å². The Morgan fingerprint density at radius 1 is 0.778 bits per heavy atom. The van der Waals surface area contributed by atoms with Gasteiger partial charge in [0.25, 0.3) is 5.91 Å². The molecule has 3 rings (SSSR count). The van der Waals surface area contributed by atoms with E-state index < -0.39 is 5.91 Å². The number of hydrogen-bond donors (Lipinski definition) is 2.